The number of nitrogens with one attached hydrogen (secondary N) is 1. The van der Waals surface area contributed by atoms with Crippen LogP contribution in [0.5, 0.6) is 5.75 Å². The summed E-state index contributed by atoms with van der Waals surface area (Å²) in [6.07, 6.45) is 0.0432. The van der Waals surface area contributed by atoms with Gasteiger partial charge in [-0.3, -0.25) is 10.2 Å². The Morgan fingerprint density at radius 1 is 1.50 bits per heavy atom. The Morgan fingerprint density at radius 3 is 2.75 bits per heavy atom. The normalized spacial score (nSPS) is 12.0. The van der Waals surface area contributed by atoms with Crippen LogP contribution < -0.4 is 16.0 Å². The Kier molecular flexibility index (Phi) is 4.31. The van der Waals surface area contributed by atoms with Gasteiger partial charge in [0, 0.05) is 0 Å². The predicted molar refractivity (Wildman–Crippen MR) is 63.0 cm³/mol. The molecule has 1 atom stereocenters. The van der Waals surface area contributed by atoms with Gasteiger partial charge in [-0.25, -0.2) is 5.84 Å². The average Bonchev–Trinajstić information content (AvgIpc) is 2.29. The lowest BCUT2D eigenvalue weighted by Crippen LogP contribution is -2.41. The molecule has 1 aromatic rings. The molecule has 0 heterocycles. The van der Waals surface area contributed by atoms with Crippen LogP contribution in [0.3, 0.4) is 0 Å². The number of nitrogens with two attached hydrogens (primary N) is 1. The SMILES string of the molecule is CCC(Oc1cc(C)ccc1C)C(=O)NN. The van der Waals surface area contributed by atoms with Crippen molar-refractivity contribution in [2.75, 3.05) is 0 Å². The number of amides is 1. The van der Waals surface area contributed by atoms with Crippen molar-refractivity contribution in [1.29, 1.82) is 0 Å². The third-order valence-electron chi connectivity index (χ3n) is 2.42. The Hall–Kier alpha value is -1.55. The van der Waals surface area contributed by atoms with E-state index in [0.29, 0.717) is 6.42 Å². The van der Waals surface area contributed by atoms with Crippen molar-refractivity contribution < 1.29 is 9.53 Å². The van der Waals surface area contributed by atoms with Crippen LogP contribution in [-0.4, -0.2) is 12.0 Å². The molecule has 1 amide bonds. The monoisotopic (exact) mass is 222 g/mol. The van der Waals surface area contributed by atoms with Gasteiger partial charge in [-0.1, -0.05) is 19.1 Å². The van der Waals surface area contributed by atoms with E-state index < -0.39 is 6.10 Å². The van der Waals surface area contributed by atoms with Crippen molar-refractivity contribution in [1.82, 2.24) is 5.43 Å². The third-order valence-corrected chi connectivity index (χ3v) is 2.42. The number of benzene rings is 1. The zero-order valence-corrected chi connectivity index (χ0v) is 9.91. The van der Waals surface area contributed by atoms with Crippen molar-refractivity contribution in [3.8, 4) is 5.75 Å². The largest absolute Gasteiger partial charge is 0.480 e. The topological polar surface area (TPSA) is 64.3 Å². The lowest BCUT2D eigenvalue weighted by Gasteiger charge is -2.17. The second-order valence-corrected chi connectivity index (χ2v) is 3.79. The van der Waals surface area contributed by atoms with Crippen molar-refractivity contribution in [3.05, 3.63) is 29.3 Å². The fourth-order valence-corrected chi connectivity index (χ4v) is 1.40. The van der Waals surface area contributed by atoms with E-state index in [1.807, 2.05) is 39.0 Å². The molecule has 0 aliphatic heterocycles. The van der Waals surface area contributed by atoms with Crippen LogP contribution in [0.1, 0.15) is 24.5 Å². The summed E-state index contributed by atoms with van der Waals surface area (Å²) in [5, 5.41) is 0. The fourth-order valence-electron chi connectivity index (χ4n) is 1.40. The number of carbonyl (C=O) groups is 1. The highest BCUT2D eigenvalue weighted by Gasteiger charge is 2.17. The molecule has 1 unspecified atom stereocenters. The van der Waals surface area contributed by atoms with Gasteiger partial charge in [0.1, 0.15) is 5.75 Å². The number of carbonyl (C=O) groups excluding carboxylic acids is 1. The zero-order chi connectivity index (χ0) is 12.1. The molecule has 88 valence electrons. The molecule has 3 N–H and O–H groups in total. The van der Waals surface area contributed by atoms with Crippen LogP contribution in [0, 0.1) is 13.8 Å². The van der Waals surface area contributed by atoms with Gasteiger partial charge < -0.3 is 4.74 Å². The fraction of sp³-hybridized carbons (Fsp3) is 0.417. The molecule has 1 rings (SSSR count). The minimum Gasteiger partial charge on any atom is -0.480 e. The van der Waals surface area contributed by atoms with Crippen LogP contribution in [0.4, 0.5) is 0 Å². The summed E-state index contributed by atoms with van der Waals surface area (Å²) in [6.45, 7) is 5.81. The van der Waals surface area contributed by atoms with Gasteiger partial charge in [0.05, 0.1) is 0 Å². The van der Waals surface area contributed by atoms with Gasteiger partial charge in [0.2, 0.25) is 0 Å². The molecule has 16 heavy (non-hydrogen) atoms. The molecule has 0 radical (unpaired) electrons. The minimum atomic E-state index is -0.537. The molecule has 0 saturated carbocycles. The molecule has 0 aliphatic carbocycles. The lowest BCUT2D eigenvalue weighted by molar-refractivity contribution is -0.128. The summed E-state index contributed by atoms with van der Waals surface area (Å²) < 4.78 is 5.64. The van der Waals surface area contributed by atoms with Gasteiger partial charge in [-0.05, 0) is 37.5 Å². The second-order valence-electron chi connectivity index (χ2n) is 3.79. The first kappa shape index (κ1) is 12.5. The number of hydrogen-bond donors (Lipinski definition) is 2. The van der Waals surface area contributed by atoms with E-state index in [2.05, 4.69) is 5.43 Å². The van der Waals surface area contributed by atoms with Crippen molar-refractivity contribution in [3.63, 3.8) is 0 Å². The van der Waals surface area contributed by atoms with Crippen molar-refractivity contribution in [2.45, 2.75) is 33.3 Å². The molecule has 1 aromatic carbocycles. The molecule has 0 aromatic heterocycles. The molecule has 0 fully saturated rings. The number of rotatable bonds is 4. The van der Waals surface area contributed by atoms with Gasteiger partial charge in [0.15, 0.2) is 6.10 Å². The summed E-state index contributed by atoms with van der Waals surface area (Å²) in [5.41, 5.74) is 4.22. The van der Waals surface area contributed by atoms with Crippen LogP contribution in [0.25, 0.3) is 0 Å². The van der Waals surface area contributed by atoms with Crippen molar-refractivity contribution >= 4 is 5.91 Å². The molecule has 0 bridgehead atoms. The molecule has 0 spiro atoms. The Labute approximate surface area is 95.8 Å². The zero-order valence-electron chi connectivity index (χ0n) is 9.91. The maximum absolute atomic E-state index is 11.4. The maximum atomic E-state index is 11.4. The van der Waals surface area contributed by atoms with Crippen LogP contribution in [0.2, 0.25) is 0 Å². The van der Waals surface area contributed by atoms with E-state index >= 15 is 0 Å². The summed E-state index contributed by atoms with van der Waals surface area (Å²) >= 11 is 0. The molecule has 0 aliphatic rings. The highest BCUT2D eigenvalue weighted by Crippen LogP contribution is 2.21. The number of aryl methyl sites for hydroxylation is 2. The van der Waals surface area contributed by atoms with E-state index in [0.717, 1.165) is 16.9 Å². The van der Waals surface area contributed by atoms with Crippen molar-refractivity contribution in [2.24, 2.45) is 5.84 Å². The molecule has 4 heteroatoms. The maximum Gasteiger partial charge on any atom is 0.274 e. The predicted octanol–water partition coefficient (Wildman–Crippen LogP) is 1.45. The van der Waals surface area contributed by atoms with Gasteiger partial charge in [-0.15, -0.1) is 0 Å². The van der Waals surface area contributed by atoms with Gasteiger partial charge in [0.25, 0.3) is 5.91 Å². The van der Waals surface area contributed by atoms with E-state index in [1.54, 1.807) is 0 Å². The lowest BCUT2D eigenvalue weighted by atomic mass is 10.1. The third kappa shape index (κ3) is 2.97. The highest BCUT2D eigenvalue weighted by molar-refractivity contribution is 5.80. The summed E-state index contributed by atoms with van der Waals surface area (Å²) in [7, 11) is 0. The van der Waals surface area contributed by atoms with E-state index in [4.69, 9.17) is 10.6 Å². The number of ether oxygens (including phenoxy) is 1. The minimum absolute atomic E-state index is 0.302. The smallest absolute Gasteiger partial charge is 0.274 e. The average molecular weight is 222 g/mol. The summed E-state index contributed by atoms with van der Waals surface area (Å²) in [6, 6.07) is 5.89. The molecule has 4 nitrogen and oxygen atoms in total. The second kappa shape index (κ2) is 5.51. The van der Waals surface area contributed by atoms with Gasteiger partial charge in [-0.2, -0.15) is 0 Å². The number of hydrogen-bond acceptors (Lipinski definition) is 3. The van der Waals surface area contributed by atoms with Crippen LogP contribution >= 0.6 is 0 Å². The van der Waals surface area contributed by atoms with E-state index in [9.17, 15) is 4.79 Å². The molecular formula is C12H18N2O2. The van der Waals surface area contributed by atoms with Gasteiger partial charge >= 0.3 is 0 Å². The summed E-state index contributed by atoms with van der Waals surface area (Å²) in [5.74, 6) is 5.52. The first-order valence-electron chi connectivity index (χ1n) is 5.32. The Bertz CT molecular complexity index is 377. The Balaban J connectivity index is 2.85. The highest BCUT2D eigenvalue weighted by atomic mass is 16.5. The standard InChI is InChI=1S/C12H18N2O2/c1-4-10(12(15)14-13)16-11-7-8(2)5-6-9(11)3/h5-7,10H,4,13H2,1-3H3,(H,14,15). The van der Waals surface area contributed by atoms with Crippen LogP contribution in [0.15, 0.2) is 18.2 Å². The number of hydrazine groups is 1. The first-order chi connectivity index (χ1) is 7.58. The first-order valence-corrected chi connectivity index (χ1v) is 5.32. The van der Waals surface area contributed by atoms with E-state index in [1.165, 1.54) is 0 Å². The quantitative estimate of drug-likeness (QED) is 0.460. The Morgan fingerprint density at radius 2 is 2.19 bits per heavy atom. The summed E-state index contributed by atoms with van der Waals surface area (Å²) in [4.78, 5) is 11.4. The van der Waals surface area contributed by atoms with Crippen LogP contribution in [-0.2, 0) is 4.79 Å². The molecular weight excluding hydrogens is 204 g/mol. The molecule has 0 saturated heterocycles. The van der Waals surface area contributed by atoms with E-state index in [-0.39, 0.29) is 5.91 Å².